The Kier molecular flexibility index (Phi) is 21.7. The lowest BCUT2D eigenvalue weighted by Crippen LogP contribution is -2.27. The molecule has 0 saturated heterocycles. The van der Waals surface area contributed by atoms with Gasteiger partial charge in [-0.1, -0.05) is 36.4 Å². The van der Waals surface area contributed by atoms with Gasteiger partial charge in [0.15, 0.2) is 0 Å². The quantitative estimate of drug-likeness (QED) is 0.155. The molecule has 0 saturated carbocycles. The van der Waals surface area contributed by atoms with Crippen molar-refractivity contribution in [1.29, 1.82) is 0 Å². The normalized spacial score (nSPS) is 14.3. The minimum atomic E-state index is -4.39. The van der Waals surface area contributed by atoms with Crippen LogP contribution in [0, 0.1) is 6.92 Å². The van der Waals surface area contributed by atoms with Crippen molar-refractivity contribution < 1.29 is 52.7 Å². The summed E-state index contributed by atoms with van der Waals surface area (Å²) in [6.45, 7) is 4.35. The number of alkyl halides is 12. The fourth-order valence-corrected chi connectivity index (χ4v) is 10.4. The van der Waals surface area contributed by atoms with Crippen molar-refractivity contribution in [3.8, 4) is 0 Å². The van der Waals surface area contributed by atoms with Crippen LogP contribution in [0.3, 0.4) is 0 Å². The Balaban J connectivity index is 0.000000142. The van der Waals surface area contributed by atoms with Gasteiger partial charge in [-0.25, -0.2) is 39.9 Å². The van der Waals surface area contributed by atoms with Crippen molar-refractivity contribution in [1.82, 2.24) is 59.8 Å². The van der Waals surface area contributed by atoms with Crippen molar-refractivity contribution in [2.75, 3.05) is 51.5 Å². The summed E-state index contributed by atoms with van der Waals surface area (Å²) < 4.78 is 154. The van der Waals surface area contributed by atoms with E-state index in [-0.39, 0.29) is 33.0 Å². The van der Waals surface area contributed by atoms with Gasteiger partial charge in [-0.05, 0) is 193 Å². The highest BCUT2D eigenvalue weighted by Gasteiger charge is 2.36. The molecular formula is C59H49Cl4F12N17. The van der Waals surface area contributed by atoms with Gasteiger partial charge in [-0.2, -0.15) is 72.6 Å². The zero-order valence-corrected chi connectivity index (χ0v) is 50.8. The third-order valence-electron chi connectivity index (χ3n) is 14.1. The number of fused-ring (bicyclic) bond motifs is 4. The second-order valence-electron chi connectivity index (χ2n) is 20.4. The lowest BCUT2D eigenvalue weighted by molar-refractivity contribution is -0.138. The highest BCUT2D eigenvalue weighted by molar-refractivity contribution is 6.31. The van der Waals surface area contributed by atoms with Crippen LogP contribution in [-0.4, -0.2) is 86.0 Å². The van der Waals surface area contributed by atoms with Gasteiger partial charge >= 0.3 is 24.7 Å². The molecule has 0 radical (unpaired) electrons. The summed E-state index contributed by atoms with van der Waals surface area (Å²) in [5, 5.41) is 6.35. The van der Waals surface area contributed by atoms with E-state index in [1.807, 2.05) is 31.2 Å². The molecule has 4 aliphatic rings. The van der Waals surface area contributed by atoms with Gasteiger partial charge in [0.05, 0.1) is 22.3 Å². The average Bonchev–Trinajstić information content (AvgIpc) is 0.810. The highest BCUT2D eigenvalue weighted by Crippen LogP contribution is 2.42. The number of hydrogen-bond donors (Lipinski definition) is 2. The first kappa shape index (κ1) is 67.8. The molecule has 17 nitrogen and oxygen atoms in total. The predicted octanol–water partition coefficient (Wildman–Crippen LogP) is 16.5. The molecule has 8 heterocycles. The van der Waals surface area contributed by atoms with Gasteiger partial charge in [-0.3, -0.25) is 0 Å². The summed E-state index contributed by atoms with van der Waals surface area (Å²) in [5.74, 6) is 1.19. The number of benzene rings is 5. The smallest absolute Gasteiger partial charge is 0.385 e. The van der Waals surface area contributed by atoms with E-state index in [2.05, 4.69) is 70.4 Å². The molecule has 2 N–H and O–H groups in total. The molecule has 0 bridgehead atoms. The molecule has 0 aliphatic carbocycles. The van der Waals surface area contributed by atoms with Gasteiger partial charge in [-0.15, -0.1) is 0 Å². The van der Waals surface area contributed by atoms with Crippen LogP contribution in [-0.2, 0) is 50.4 Å². The summed E-state index contributed by atoms with van der Waals surface area (Å²) in [5.41, 5.74) is 4.86. The largest absolute Gasteiger partial charge is 0.416 e. The topological polar surface area (TPSA) is 188 Å². The standard InChI is InChI=1S/C20H18F3N5.2C13H10ClF3N4.C10H10F3N.C3HCl2N3/c1-13-4-2-6-16(10-13)26-18-24-12-25-19(27-18)28-9-3-5-14-7-8-15(11-17(14)28)20(21,22)23;2*14-11-18-7-19-12(20-11)21-5-1-2-8-3-4-9(6-10(8)21)13(15,16)17;11-10(12,13)8-4-3-7-2-1-5-14-9(7)6-8;4-2-6-1-7-3(5)8-2/h2,4,6-8,10-12H,3,5,9H2,1H3,(H,24,25,26,27);2*3-4,6-7H,1-2,5H2;3-4,6,14H,1-2,5H2;1H. The Hall–Kier alpha value is -8.54. The van der Waals surface area contributed by atoms with Crippen LogP contribution in [0.25, 0.3) is 0 Å². The van der Waals surface area contributed by atoms with Crippen molar-refractivity contribution in [2.45, 2.75) is 83.0 Å². The first-order valence-corrected chi connectivity index (χ1v) is 29.3. The SMILES string of the molecule is Cc1cccc(Nc2ncnc(N3CCCc4ccc(C(F)(F)F)cc43)n2)c1.Clc1ncnc(Cl)n1.FC(F)(F)c1ccc2c(c1)N(c1ncnc(Cl)n1)CCC2.FC(F)(F)c1ccc2c(c1)N(c1ncnc(Cl)n1)CCC2.FC(F)(F)c1ccc2c(c1)NCCC2. The number of nitrogens with zero attached hydrogens (tertiary/aromatic N) is 15. The average molecular weight is 1370 g/mol. The molecule has 9 aromatic rings. The number of halogens is 16. The molecule has 0 atom stereocenters. The van der Waals surface area contributed by atoms with E-state index >= 15 is 0 Å². The molecular weight excluding hydrogens is 1320 g/mol. The Morgan fingerprint density at radius 1 is 0.402 bits per heavy atom. The van der Waals surface area contributed by atoms with Crippen LogP contribution in [0.15, 0.2) is 122 Å². The summed E-state index contributed by atoms with van der Waals surface area (Å²) >= 11 is 22.0. The Bertz CT molecular complexity index is 3880. The van der Waals surface area contributed by atoms with Gasteiger partial charge in [0, 0.05) is 54.6 Å². The number of aromatic nitrogens is 12. The number of rotatable bonds is 5. The van der Waals surface area contributed by atoms with Gasteiger partial charge in [0.1, 0.15) is 25.3 Å². The fraction of sp³-hybridized carbons (Fsp3) is 0.288. The first-order chi connectivity index (χ1) is 43.7. The third kappa shape index (κ3) is 18.1. The fourth-order valence-electron chi connectivity index (χ4n) is 9.90. The number of hydrogen-bond acceptors (Lipinski definition) is 17. The third-order valence-corrected chi connectivity index (χ3v) is 14.8. The van der Waals surface area contributed by atoms with Gasteiger partial charge < -0.3 is 25.3 Å². The Morgan fingerprint density at radius 2 is 0.772 bits per heavy atom. The minimum Gasteiger partial charge on any atom is -0.385 e. The van der Waals surface area contributed by atoms with Crippen LogP contribution in [0.1, 0.15) is 75.8 Å². The van der Waals surface area contributed by atoms with Crippen LogP contribution < -0.4 is 25.3 Å². The van der Waals surface area contributed by atoms with E-state index in [1.54, 1.807) is 20.8 Å². The van der Waals surface area contributed by atoms with E-state index in [9.17, 15) is 52.7 Å². The van der Waals surface area contributed by atoms with Crippen LogP contribution in [0.4, 0.5) is 105 Å². The lowest BCUT2D eigenvalue weighted by atomic mass is 9.99. The summed E-state index contributed by atoms with van der Waals surface area (Å²) in [6, 6.07) is 22.9. The molecule has 13 rings (SSSR count). The Morgan fingerprint density at radius 3 is 1.16 bits per heavy atom. The van der Waals surface area contributed by atoms with Gasteiger partial charge in [0.2, 0.25) is 44.9 Å². The summed E-state index contributed by atoms with van der Waals surface area (Å²) in [7, 11) is 0. The van der Waals surface area contributed by atoms with Gasteiger partial charge in [0.25, 0.3) is 0 Å². The van der Waals surface area contributed by atoms with Crippen LogP contribution in [0.5, 0.6) is 0 Å². The van der Waals surface area contributed by atoms with Crippen molar-refractivity contribution in [3.05, 3.63) is 194 Å². The lowest BCUT2D eigenvalue weighted by Gasteiger charge is -2.30. The maximum absolute atomic E-state index is 13.2. The molecule has 0 unspecified atom stereocenters. The maximum Gasteiger partial charge on any atom is 0.416 e. The van der Waals surface area contributed by atoms with E-state index in [0.29, 0.717) is 54.3 Å². The maximum atomic E-state index is 13.2. The van der Waals surface area contributed by atoms with E-state index < -0.39 is 47.0 Å². The molecule has 4 aliphatic heterocycles. The molecule has 92 heavy (non-hydrogen) atoms. The zero-order valence-electron chi connectivity index (χ0n) is 47.8. The minimum absolute atomic E-state index is 0.0131. The second kappa shape index (κ2) is 29.4. The molecule has 482 valence electrons. The second-order valence-corrected chi connectivity index (χ2v) is 21.8. The number of aryl methyl sites for hydroxylation is 5. The molecule has 5 aromatic carbocycles. The van der Waals surface area contributed by atoms with E-state index in [0.717, 1.165) is 128 Å². The monoisotopic (exact) mass is 1360 g/mol. The predicted molar refractivity (Wildman–Crippen MR) is 322 cm³/mol. The van der Waals surface area contributed by atoms with Crippen LogP contribution in [0.2, 0.25) is 21.1 Å². The molecule has 0 amide bonds. The number of nitrogens with one attached hydrogen (secondary N) is 2. The first-order valence-electron chi connectivity index (χ1n) is 27.7. The van der Waals surface area contributed by atoms with E-state index in [4.69, 9.17) is 46.4 Å². The molecule has 4 aromatic heterocycles. The Labute approximate surface area is 536 Å². The van der Waals surface area contributed by atoms with Crippen molar-refractivity contribution >= 4 is 98.6 Å². The number of anilines is 9. The van der Waals surface area contributed by atoms with E-state index in [1.165, 1.54) is 55.6 Å². The van der Waals surface area contributed by atoms with Crippen molar-refractivity contribution in [2.24, 2.45) is 0 Å². The van der Waals surface area contributed by atoms with Crippen LogP contribution >= 0.6 is 46.4 Å². The highest BCUT2D eigenvalue weighted by atomic mass is 35.5. The zero-order chi connectivity index (χ0) is 66.0. The molecule has 0 spiro atoms. The summed E-state index contributed by atoms with van der Waals surface area (Å²) in [4.78, 5) is 51.5. The van der Waals surface area contributed by atoms with Crippen molar-refractivity contribution in [3.63, 3.8) is 0 Å². The summed E-state index contributed by atoms with van der Waals surface area (Å²) in [6.07, 6.45) is -5.85. The molecule has 0 fully saturated rings. The molecule has 33 heteroatoms.